The van der Waals surface area contributed by atoms with Crippen LogP contribution >= 0.6 is 15.9 Å². The first-order valence-electron chi connectivity index (χ1n) is 1.57. The van der Waals surface area contributed by atoms with Crippen molar-refractivity contribution in [3.8, 4) is 0 Å². The van der Waals surface area contributed by atoms with Crippen LogP contribution in [0.1, 0.15) is 0 Å². The summed E-state index contributed by atoms with van der Waals surface area (Å²) in [6.45, 7) is 0. The minimum atomic E-state index is -3.72. The fraction of sp³-hybridized carbons (Fsp3) is 1.00. The first-order valence-corrected chi connectivity index (χ1v) is 4.30. The van der Waals surface area contributed by atoms with E-state index in [-0.39, 0.29) is 62.5 Å². The van der Waals surface area contributed by atoms with Gasteiger partial charge in [0.15, 0.2) is 0 Å². The molecular formula is C2H6BrKO3S. The molecule has 0 rings (SSSR count). The molecule has 0 bridgehead atoms. The second-order valence-electron chi connectivity index (χ2n) is 0.975. The SMILES string of the molecule is O=S(=O)(O)CCBr.[KH]. The second-order valence-corrected chi connectivity index (χ2v) is 3.34. The zero-order valence-electron chi connectivity index (χ0n) is 3.46. The van der Waals surface area contributed by atoms with Crippen LogP contribution in [0.3, 0.4) is 0 Å². The molecule has 6 heteroatoms. The molecule has 46 valence electrons. The van der Waals surface area contributed by atoms with Gasteiger partial charge in [-0.2, -0.15) is 8.42 Å². The molecule has 3 nitrogen and oxygen atoms in total. The first kappa shape index (κ1) is 12.7. The summed E-state index contributed by atoms with van der Waals surface area (Å²) in [6.07, 6.45) is 0. The summed E-state index contributed by atoms with van der Waals surface area (Å²) in [7, 11) is -3.72. The Hall–Kier alpha value is 2.03. The number of hydrogen-bond donors (Lipinski definition) is 1. The Labute approximate surface area is 99.5 Å². The molecule has 0 saturated heterocycles. The number of rotatable bonds is 2. The quantitative estimate of drug-likeness (QED) is 0.399. The summed E-state index contributed by atoms with van der Waals surface area (Å²) in [5.41, 5.74) is 0. The van der Waals surface area contributed by atoms with E-state index in [2.05, 4.69) is 15.9 Å². The van der Waals surface area contributed by atoms with E-state index in [0.29, 0.717) is 0 Å². The maximum atomic E-state index is 9.76. The van der Waals surface area contributed by atoms with E-state index in [1.165, 1.54) is 0 Å². The van der Waals surface area contributed by atoms with Crippen LogP contribution in [-0.4, -0.2) is 75.4 Å². The average molecular weight is 229 g/mol. The molecule has 0 heterocycles. The molecule has 0 aliphatic heterocycles. The van der Waals surface area contributed by atoms with Gasteiger partial charge in [-0.25, -0.2) is 0 Å². The van der Waals surface area contributed by atoms with Gasteiger partial charge in [0.1, 0.15) is 0 Å². The molecule has 8 heavy (non-hydrogen) atoms. The molecule has 1 N–H and O–H groups in total. The van der Waals surface area contributed by atoms with Gasteiger partial charge in [0, 0.05) is 5.33 Å². The Kier molecular flexibility index (Phi) is 9.17. The molecule has 0 aromatic rings. The number of halogens is 1. The van der Waals surface area contributed by atoms with Crippen LogP contribution in [0.15, 0.2) is 0 Å². The normalized spacial score (nSPS) is 10.2. The molecule has 0 unspecified atom stereocenters. The molecule has 0 saturated carbocycles. The van der Waals surface area contributed by atoms with Crippen molar-refractivity contribution in [2.75, 3.05) is 11.1 Å². The van der Waals surface area contributed by atoms with Gasteiger partial charge in [-0.15, -0.1) is 0 Å². The van der Waals surface area contributed by atoms with Crippen LogP contribution in [0.5, 0.6) is 0 Å². The zero-order chi connectivity index (χ0) is 5.91. The molecule has 0 aliphatic carbocycles. The van der Waals surface area contributed by atoms with E-state index in [4.69, 9.17) is 4.55 Å². The van der Waals surface area contributed by atoms with Gasteiger partial charge >= 0.3 is 51.4 Å². The van der Waals surface area contributed by atoms with Crippen LogP contribution in [0, 0.1) is 0 Å². The third-order valence-corrected chi connectivity index (χ3v) is 1.98. The Bertz CT molecular complexity index is 130. The standard InChI is InChI=1S/C2H5BrO3S.K.H/c3-1-2-7(4,5)6;;/h1-2H2,(H,4,5,6);;. The van der Waals surface area contributed by atoms with Crippen molar-refractivity contribution in [1.82, 2.24) is 0 Å². The van der Waals surface area contributed by atoms with Crippen LogP contribution in [-0.2, 0) is 10.1 Å². The van der Waals surface area contributed by atoms with Gasteiger partial charge in [0.25, 0.3) is 10.1 Å². The van der Waals surface area contributed by atoms with Gasteiger partial charge in [0.2, 0.25) is 0 Å². The van der Waals surface area contributed by atoms with Crippen LogP contribution in [0.25, 0.3) is 0 Å². The molecule has 0 aromatic heterocycles. The third-order valence-electron chi connectivity index (χ3n) is 0.335. The van der Waals surface area contributed by atoms with Crippen LogP contribution in [0.4, 0.5) is 0 Å². The Morgan fingerprint density at radius 1 is 1.50 bits per heavy atom. The summed E-state index contributed by atoms with van der Waals surface area (Å²) in [4.78, 5) is 0. The maximum absolute atomic E-state index is 9.76. The molecule has 0 aromatic carbocycles. The fourth-order valence-electron chi connectivity index (χ4n) is 0.0975. The van der Waals surface area contributed by atoms with E-state index in [1.54, 1.807) is 0 Å². The van der Waals surface area contributed by atoms with Crippen molar-refractivity contribution >= 4 is 77.4 Å². The second kappa shape index (κ2) is 5.78. The van der Waals surface area contributed by atoms with Gasteiger partial charge in [0.05, 0.1) is 5.75 Å². The molecule has 0 spiro atoms. The molecule has 0 amide bonds. The van der Waals surface area contributed by atoms with E-state index < -0.39 is 10.1 Å². The number of hydrogen-bond acceptors (Lipinski definition) is 2. The van der Waals surface area contributed by atoms with E-state index >= 15 is 0 Å². The molecule has 0 radical (unpaired) electrons. The Morgan fingerprint density at radius 2 is 1.88 bits per heavy atom. The summed E-state index contributed by atoms with van der Waals surface area (Å²) < 4.78 is 27.5. The summed E-state index contributed by atoms with van der Waals surface area (Å²) in [6, 6.07) is 0. The Balaban J connectivity index is 0. The van der Waals surface area contributed by atoms with Gasteiger partial charge in [-0.3, -0.25) is 4.55 Å². The first-order chi connectivity index (χ1) is 3.06. The van der Waals surface area contributed by atoms with Gasteiger partial charge in [-0.1, -0.05) is 15.9 Å². The molecule has 0 atom stereocenters. The van der Waals surface area contributed by atoms with Gasteiger partial charge < -0.3 is 0 Å². The van der Waals surface area contributed by atoms with Crippen LogP contribution in [0.2, 0.25) is 0 Å². The van der Waals surface area contributed by atoms with E-state index in [9.17, 15) is 8.42 Å². The molecular weight excluding hydrogens is 223 g/mol. The van der Waals surface area contributed by atoms with Crippen molar-refractivity contribution in [2.24, 2.45) is 0 Å². The molecule has 0 fully saturated rings. The topological polar surface area (TPSA) is 54.4 Å². The fourth-order valence-corrected chi connectivity index (χ4v) is 1.52. The van der Waals surface area contributed by atoms with Crippen molar-refractivity contribution in [3.63, 3.8) is 0 Å². The van der Waals surface area contributed by atoms with E-state index in [1.807, 2.05) is 0 Å². The van der Waals surface area contributed by atoms with E-state index in [0.717, 1.165) is 0 Å². The predicted octanol–water partition coefficient (Wildman–Crippen LogP) is -0.379. The number of alkyl halides is 1. The average Bonchev–Trinajstić information content (AvgIpc) is 1.30. The summed E-state index contributed by atoms with van der Waals surface area (Å²) in [5, 5.41) is 0.284. The van der Waals surface area contributed by atoms with Crippen molar-refractivity contribution < 1.29 is 13.0 Å². The zero-order valence-corrected chi connectivity index (χ0v) is 5.87. The molecule has 0 aliphatic rings. The minimum absolute atomic E-state index is 0. The Morgan fingerprint density at radius 3 is 1.88 bits per heavy atom. The van der Waals surface area contributed by atoms with Crippen molar-refractivity contribution in [1.29, 1.82) is 0 Å². The summed E-state index contributed by atoms with van der Waals surface area (Å²) >= 11 is 2.85. The monoisotopic (exact) mass is 228 g/mol. The van der Waals surface area contributed by atoms with Gasteiger partial charge in [-0.05, 0) is 0 Å². The van der Waals surface area contributed by atoms with Crippen molar-refractivity contribution in [3.05, 3.63) is 0 Å². The third kappa shape index (κ3) is 10.9. The predicted molar refractivity (Wildman–Crippen MR) is 37.4 cm³/mol. The summed E-state index contributed by atoms with van der Waals surface area (Å²) in [5.74, 6) is -0.215. The van der Waals surface area contributed by atoms with Crippen molar-refractivity contribution in [2.45, 2.75) is 0 Å². The van der Waals surface area contributed by atoms with Crippen LogP contribution < -0.4 is 0 Å².